The largest absolute Gasteiger partial charge is 0.389 e. The number of hydrogen-bond acceptors (Lipinski definition) is 3. The molecule has 4 nitrogen and oxygen atoms in total. The first-order valence-corrected chi connectivity index (χ1v) is 7.44. The number of halogens is 3. The predicted octanol–water partition coefficient (Wildman–Crippen LogP) is 2.36. The molecule has 0 radical (unpaired) electrons. The molecule has 0 aromatic heterocycles. The fourth-order valence-corrected chi connectivity index (χ4v) is 2.58. The molecule has 20 heavy (non-hydrogen) atoms. The summed E-state index contributed by atoms with van der Waals surface area (Å²) >= 11 is 0. The molecule has 1 unspecified atom stereocenters. The molecule has 114 valence electrons. The van der Waals surface area contributed by atoms with E-state index in [0.29, 0.717) is 5.56 Å². The van der Waals surface area contributed by atoms with E-state index in [9.17, 15) is 26.7 Å². The van der Waals surface area contributed by atoms with Gasteiger partial charge in [-0.25, -0.2) is 13.1 Å². The second kappa shape index (κ2) is 6.55. The Labute approximate surface area is 115 Å². The lowest BCUT2D eigenvalue weighted by molar-refractivity contribution is -0.135. The van der Waals surface area contributed by atoms with E-state index in [-0.39, 0.29) is 17.9 Å². The minimum absolute atomic E-state index is 0.0473. The third-order valence-corrected chi connectivity index (χ3v) is 4.08. The molecular weight excluding hydrogens is 295 g/mol. The Bertz CT molecular complexity index is 524. The van der Waals surface area contributed by atoms with Crippen molar-refractivity contribution in [2.24, 2.45) is 0 Å². The summed E-state index contributed by atoms with van der Waals surface area (Å²) in [5.74, 6) is 0. The smallest absolute Gasteiger partial charge is 0.389 e. The van der Waals surface area contributed by atoms with Gasteiger partial charge in [0.1, 0.15) is 0 Å². The molecule has 8 heteroatoms. The Morgan fingerprint density at radius 3 is 2.25 bits per heavy atom. The highest BCUT2D eigenvalue weighted by molar-refractivity contribution is 7.89. The number of aliphatic hydroxyl groups excluding tert-OH is 1. The van der Waals surface area contributed by atoms with Crippen LogP contribution >= 0.6 is 0 Å². The second-order valence-corrected chi connectivity index (χ2v) is 6.13. The van der Waals surface area contributed by atoms with E-state index >= 15 is 0 Å². The lowest BCUT2D eigenvalue weighted by atomic mass is 10.1. The van der Waals surface area contributed by atoms with Crippen LogP contribution in [-0.4, -0.2) is 26.2 Å². The quantitative estimate of drug-likeness (QED) is 0.793. The first-order chi connectivity index (χ1) is 9.12. The summed E-state index contributed by atoms with van der Waals surface area (Å²) in [7, 11) is -3.82. The number of benzene rings is 1. The van der Waals surface area contributed by atoms with Crippen molar-refractivity contribution in [3.63, 3.8) is 0 Å². The van der Waals surface area contributed by atoms with Gasteiger partial charge in [-0.1, -0.05) is 12.1 Å². The van der Waals surface area contributed by atoms with E-state index in [1.165, 1.54) is 24.3 Å². The summed E-state index contributed by atoms with van der Waals surface area (Å²) in [5.41, 5.74) is 0.557. The second-order valence-electron chi connectivity index (χ2n) is 4.36. The van der Waals surface area contributed by atoms with Crippen LogP contribution in [0.25, 0.3) is 0 Å². The zero-order chi connectivity index (χ0) is 15.4. The third-order valence-electron chi connectivity index (χ3n) is 2.60. The Hall–Kier alpha value is -1.12. The molecule has 0 aliphatic heterocycles. The number of rotatable bonds is 6. The molecule has 0 spiro atoms. The van der Waals surface area contributed by atoms with Crippen LogP contribution in [0.4, 0.5) is 13.2 Å². The molecule has 0 aliphatic carbocycles. The standard InChI is InChI=1S/C12H16F3NO3S/c1-9(17)10-3-5-11(6-4-10)20(18,19)16-8-2-7-12(13,14)15/h3-6,9,16-17H,2,7-8H2,1H3. The van der Waals surface area contributed by atoms with Crippen molar-refractivity contribution in [3.8, 4) is 0 Å². The number of aliphatic hydroxyl groups is 1. The van der Waals surface area contributed by atoms with Crippen molar-refractivity contribution in [1.82, 2.24) is 4.72 Å². The van der Waals surface area contributed by atoms with Gasteiger partial charge in [0.05, 0.1) is 11.0 Å². The van der Waals surface area contributed by atoms with Gasteiger partial charge in [0.25, 0.3) is 0 Å². The molecule has 1 aromatic rings. The van der Waals surface area contributed by atoms with Crippen molar-refractivity contribution >= 4 is 10.0 Å². The van der Waals surface area contributed by atoms with Crippen molar-refractivity contribution in [2.75, 3.05) is 6.54 Å². The van der Waals surface area contributed by atoms with Gasteiger partial charge in [-0.3, -0.25) is 0 Å². The maximum absolute atomic E-state index is 11.9. The average Bonchev–Trinajstić information content (AvgIpc) is 2.34. The Kier molecular flexibility index (Phi) is 5.55. The zero-order valence-electron chi connectivity index (χ0n) is 10.8. The summed E-state index contributed by atoms with van der Waals surface area (Å²) < 4.78 is 61.4. The topological polar surface area (TPSA) is 66.4 Å². The maximum atomic E-state index is 11.9. The van der Waals surface area contributed by atoms with E-state index in [0.717, 1.165) is 0 Å². The number of hydrogen-bond donors (Lipinski definition) is 2. The summed E-state index contributed by atoms with van der Waals surface area (Å²) in [4.78, 5) is -0.0473. The van der Waals surface area contributed by atoms with Crippen LogP contribution in [0.5, 0.6) is 0 Å². The molecule has 0 amide bonds. The van der Waals surface area contributed by atoms with Crippen LogP contribution in [0.15, 0.2) is 29.2 Å². The Balaban J connectivity index is 2.60. The average molecular weight is 311 g/mol. The van der Waals surface area contributed by atoms with Crippen LogP contribution < -0.4 is 4.72 Å². The summed E-state index contributed by atoms with van der Waals surface area (Å²) in [6.45, 7) is 1.26. The minimum atomic E-state index is -4.29. The van der Waals surface area contributed by atoms with Crippen molar-refractivity contribution < 1.29 is 26.7 Å². The monoisotopic (exact) mass is 311 g/mol. The van der Waals surface area contributed by atoms with Gasteiger partial charge in [-0.05, 0) is 31.0 Å². The van der Waals surface area contributed by atoms with Crippen LogP contribution in [0.3, 0.4) is 0 Å². The van der Waals surface area contributed by atoms with E-state index < -0.39 is 28.7 Å². The van der Waals surface area contributed by atoms with Gasteiger partial charge in [0, 0.05) is 13.0 Å². The fourth-order valence-electron chi connectivity index (χ4n) is 1.50. The fraction of sp³-hybridized carbons (Fsp3) is 0.500. The van der Waals surface area contributed by atoms with Gasteiger partial charge in [-0.2, -0.15) is 13.2 Å². The first kappa shape index (κ1) is 16.9. The minimum Gasteiger partial charge on any atom is -0.389 e. The van der Waals surface area contributed by atoms with Gasteiger partial charge >= 0.3 is 6.18 Å². The molecule has 0 heterocycles. The van der Waals surface area contributed by atoms with Crippen LogP contribution in [0.2, 0.25) is 0 Å². The molecule has 1 rings (SSSR count). The molecule has 0 saturated carbocycles. The molecule has 1 aromatic carbocycles. The van der Waals surface area contributed by atoms with E-state index in [1.54, 1.807) is 6.92 Å². The highest BCUT2D eigenvalue weighted by atomic mass is 32.2. The number of sulfonamides is 1. The SMILES string of the molecule is CC(O)c1ccc(S(=O)(=O)NCCCC(F)(F)F)cc1. The van der Waals surface area contributed by atoms with Gasteiger partial charge < -0.3 is 5.11 Å². The van der Waals surface area contributed by atoms with E-state index in [2.05, 4.69) is 4.72 Å². The lowest BCUT2D eigenvalue weighted by Crippen LogP contribution is -2.25. The van der Waals surface area contributed by atoms with Crippen LogP contribution in [0.1, 0.15) is 31.4 Å². The molecule has 0 aliphatic rings. The van der Waals surface area contributed by atoms with Gasteiger partial charge in [-0.15, -0.1) is 0 Å². The molecule has 1 atom stereocenters. The highest BCUT2D eigenvalue weighted by Gasteiger charge is 2.26. The van der Waals surface area contributed by atoms with Gasteiger partial charge in [0.15, 0.2) is 0 Å². The first-order valence-electron chi connectivity index (χ1n) is 5.96. The molecule has 0 fully saturated rings. The van der Waals surface area contributed by atoms with Crippen molar-refractivity contribution in [2.45, 2.75) is 36.9 Å². The van der Waals surface area contributed by atoms with E-state index in [4.69, 9.17) is 0 Å². The lowest BCUT2D eigenvalue weighted by Gasteiger charge is -2.09. The van der Waals surface area contributed by atoms with Crippen molar-refractivity contribution in [3.05, 3.63) is 29.8 Å². The molecule has 0 saturated heterocycles. The Morgan fingerprint density at radius 1 is 1.25 bits per heavy atom. The number of alkyl halides is 3. The van der Waals surface area contributed by atoms with Crippen molar-refractivity contribution in [1.29, 1.82) is 0 Å². The molecule has 2 N–H and O–H groups in total. The van der Waals surface area contributed by atoms with Crippen LogP contribution in [-0.2, 0) is 10.0 Å². The van der Waals surface area contributed by atoms with E-state index in [1.807, 2.05) is 0 Å². The molecule has 0 bridgehead atoms. The predicted molar refractivity (Wildman–Crippen MR) is 67.6 cm³/mol. The third kappa shape index (κ3) is 5.48. The summed E-state index contributed by atoms with van der Waals surface area (Å²) in [6.07, 6.45) is -6.35. The normalized spacial score (nSPS) is 14.2. The number of nitrogens with one attached hydrogen (secondary N) is 1. The molecular formula is C12H16F3NO3S. The summed E-state index contributed by atoms with van der Waals surface area (Å²) in [6, 6.07) is 5.51. The zero-order valence-corrected chi connectivity index (χ0v) is 11.6. The van der Waals surface area contributed by atoms with Crippen LogP contribution in [0, 0.1) is 0 Å². The summed E-state index contributed by atoms with van der Waals surface area (Å²) in [5, 5.41) is 9.30. The highest BCUT2D eigenvalue weighted by Crippen LogP contribution is 2.21. The Morgan fingerprint density at radius 2 is 1.80 bits per heavy atom. The van der Waals surface area contributed by atoms with Gasteiger partial charge in [0.2, 0.25) is 10.0 Å². The maximum Gasteiger partial charge on any atom is 0.389 e.